The van der Waals surface area contributed by atoms with Gasteiger partial charge in [-0.1, -0.05) is 6.42 Å². The van der Waals surface area contributed by atoms with Crippen LogP contribution in [-0.2, 0) is 0 Å². The summed E-state index contributed by atoms with van der Waals surface area (Å²) in [7, 11) is 1.62. The summed E-state index contributed by atoms with van der Waals surface area (Å²) in [4.78, 5) is 26.1. The van der Waals surface area contributed by atoms with Crippen molar-refractivity contribution in [1.82, 2.24) is 20.2 Å². The van der Waals surface area contributed by atoms with E-state index in [4.69, 9.17) is 4.98 Å². The first-order chi connectivity index (χ1) is 15.2. The first-order valence-corrected chi connectivity index (χ1v) is 11.8. The number of nitrogens with one attached hydrogen (secondary N) is 1. The van der Waals surface area contributed by atoms with Crippen LogP contribution < -0.4 is 10.2 Å². The molecule has 1 amide bonds. The van der Waals surface area contributed by atoms with E-state index >= 15 is 0 Å². The van der Waals surface area contributed by atoms with Gasteiger partial charge in [0.15, 0.2) is 0 Å². The summed E-state index contributed by atoms with van der Waals surface area (Å²) in [6.45, 7) is 4.83. The van der Waals surface area contributed by atoms with Gasteiger partial charge in [-0.15, -0.1) is 0 Å². The summed E-state index contributed by atoms with van der Waals surface area (Å²) >= 11 is 0. The number of aromatic nitrogens is 2. The summed E-state index contributed by atoms with van der Waals surface area (Å²) in [5.41, 5.74) is 2.94. The minimum absolute atomic E-state index is 0.121. The van der Waals surface area contributed by atoms with Gasteiger partial charge in [-0.05, 0) is 81.3 Å². The van der Waals surface area contributed by atoms with Gasteiger partial charge in [0, 0.05) is 44.1 Å². The Balaban J connectivity index is 1.17. The number of rotatable bonds is 4. The largest absolute Gasteiger partial charge is 0.357 e. The van der Waals surface area contributed by atoms with Crippen LogP contribution in [0, 0.1) is 5.41 Å². The lowest BCUT2D eigenvalue weighted by molar-refractivity contribution is 0.0305. The molecule has 1 saturated carbocycles. The SMILES string of the molecule is CNC(=O)c1ccc(-c2ccc(N3CCC4(CC3)CCN(C3CCC3)CC4)nc2)nc1. The average molecular weight is 420 g/mol. The van der Waals surface area contributed by atoms with Crippen LogP contribution in [0.15, 0.2) is 36.7 Å². The third-order valence-electron chi connectivity index (χ3n) is 7.89. The Morgan fingerprint density at radius 2 is 1.71 bits per heavy atom. The lowest BCUT2D eigenvalue weighted by Crippen LogP contribution is -2.51. The molecule has 5 rings (SSSR count). The minimum Gasteiger partial charge on any atom is -0.357 e. The van der Waals surface area contributed by atoms with Gasteiger partial charge >= 0.3 is 0 Å². The van der Waals surface area contributed by atoms with Crippen molar-refractivity contribution >= 4 is 11.7 Å². The fourth-order valence-electron chi connectivity index (χ4n) is 5.39. The number of likely N-dealkylation sites (tertiary alicyclic amines) is 1. The molecule has 0 aromatic carbocycles. The standard InChI is InChI=1S/C25H33N5O/c1-26-24(31)20-5-7-22(27-18-20)19-6-8-23(28-17-19)30-15-11-25(12-16-30)9-13-29(14-10-25)21-3-2-4-21/h5-8,17-18,21H,2-4,9-16H2,1H3,(H,26,31). The number of carbonyl (C=O) groups excluding carboxylic acids is 1. The second-order valence-corrected chi connectivity index (χ2v) is 9.52. The van der Waals surface area contributed by atoms with Gasteiger partial charge in [-0.25, -0.2) is 4.98 Å². The quantitative estimate of drug-likeness (QED) is 0.818. The van der Waals surface area contributed by atoms with E-state index in [-0.39, 0.29) is 5.91 Å². The van der Waals surface area contributed by atoms with Gasteiger partial charge in [0.05, 0.1) is 11.3 Å². The highest BCUT2D eigenvalue weighted by Gasteiger charge is 2.39. The fraction of sp³-hybridized carbons (Fsp3) is 0.560. The van der Waals surface area contributed by atoms with Crippen LogP contribution in [0.2, 0.25) is 0 Å². The summed E-state index contributed by atoms with van der Waals surface area (Å²) in [5, 5.41) is 2.62. The molecule has 0 bridgehead atoms. The summed E-state index contributed by atoms with van der Waals surface area (Å²) in [6.07, 6.45) is 13.1. The monoisotopic (exact) mass is 419 g/mol. The van der Waals surface area contributed by atoms with Crippen molar-refractivity contribution in [2.45, 2.75) is 51.0 Å². The number of amides is 1. The zero-order valence-corrected chi connectivity index (χ0v) is 18.5. The number of anilines is 1. The van der Waals surface area contributed by atoms with Gasteiger partial charge in [0.1, 0.15) is 5.82 Å². The summed E-state index contributed by atoms with van der Waals surface area (Å²) < 4.78 is 0. The van der Waals surface area contributed by atoms with E-state index in [0.717, 1.165) is 36.2 Å². The maximum absolute atomic E-state index is 11.7. The van der Waals surface area contributed by atoms with E-state index in [9.17, 15) is 4.79 Å². The van der Waals surface area contributed by atoms with Crippen LogP contribution in [0.3, 0.4) is 0 Å². The van der Waals surface area contributed by atoms with Crippen molar-refractivity contribution in [1.29, 1.82) is 0 Å². The first kappa shape index (κ1) is 20.4. The molecule has 2 aliphatic heterocycles. The number of hydrogen-bond donors (Lipinski definition) is 1. The van der Waals surface area contributed by atoms with Crippen molar-refractivity contribution in [3.8, 4) is 11.3 Å². The number of pyridine rings is 2. The van der Waals surface area contributed by atoms with Gasteiger partial charge in [0.2, 0.25) is 0 Å². The van der Waals surface area contributed by atoms with Gasteiger partial charge in [-0.3, -0.25) is 9.78 Å². The van der Waals surface area contributed by atoms with Crippen LogP contribution >= 0.6 is 0 Å². The van der Waals surface area contributed by atoms with Gasteiger partial charge in [-0.2, -0.15) is 0 Å². The highest BCUT2D eigenvalue weighted by molar-refractivity contribution is 5.93. The predicted octanol–water partition coefficient (Wildman–Crippen LogP) is 3.74. The molecule has 6 nitrogen and oxygen atoms in total. The van der Waals surface area contributed by atoms with Crippen LogP contribution in [0.1, 0.15) is 55.3 Å². The lowest BCUT2D eigenvalue weighted by Gasteiger charge is -2.50. The zero-order chi connectivity index (χ0) is 21.3. The highest BCUT2D eigenvalue weighted by atomic mass is 16.1. The van der Waals surface area contributed by atoms with E-state index in [1.807, 2.05) is 12.3 Å². The molecule has 1 N–H and O–H groups in total. The van der Waals surface area contributed by atoms with Crippen LogP contribution in [-0.4, -0.2) is 60.0 Å². The maximum atomic E-state index is 11.7. The molecule has 2 aromatic rings. The van der Waals surface area contributed by atoms with E-state index in [1.165, 1.54) is 58.0 Å². The Kier molecular flexibility index (Phi) is 5.65. The van der Waals surface area contributed by atoms with Crippen molar-refractivity contribution in [2.75, 3.05) is 38.1 Å². The Bertz CT molecular complexity index is 889. The smallest absolute Gasteiger partial charge is 0.252 e. The van der Waals surface area contributed by atoms with E-state index in [0.29, 0.717) is 11.0 Å². The average Bonchev–Trinajstić information content (AvgIpc) is 2.80. The van der Waals surface area contributed by atoms with E-state index in [2.05, 4.69) is 32.2 Å². The molecule has 164 valence electrons. The topological polar surface area (TPSA) is 61.4 Å². The molecule has 4 heterocycles. The van der Waals surface area contributed by atoms with Crippen LogP contribution in [0.25, 0.3) is 11.3 Å². The molecule has 6 heteroatoms. The van der Waals surface area contributed by atoms with Gasteiger partial charge in [0.25, 0.3) is 5.91 Å². The molecule has 2 aromatic heterocycles. The van der Waals surface area contributed by atoms with Crippen molar-refractivity contribution in [2.24, 2.45) is 5.41 Å². The second-order valence-electron chi connectivity index (χ2n) is 9.52. The van der Waals surface area contributed by atoms with Crippen LogP contribution in [0.5, 0.6) is 0 Å². The third-order valence-corrected chi connectivity index (χ3v) is 7.89. The Labute approximate surface area is 185 Å². The molecule has 0 unspecified atom stereocenters. The fourth-order valence-corrected chi connectivity index (χ4v) is 5.39. The third kappa shape index (κ3) is 4.18. The molecular weight excluding hydrogens is 386 g/mol. The van der Waals surface area contributed by atoms with E-state index < -0.39 is 0 Å². The highest BCUT2D eigenvalue weighted by Crippen LogP contribution is 2.43. The number of nitrogens with zero attached hydrogens (tertiary/aromatic N) is 4. The van der Waals surface area contributed by atoms with E-state index in [1.54, 1.807) is 19.3 Å². The van der Waals surface area contributed by atoms with Crippen molar-refractivity contribution < 1.29 is 4.79 Å². The Morgan fingerprint density at radius 1 is 0.968 bits per heavy atom. The minimum atomic E-state index is -0.121. The summed E-state index contributed by atoms with van der Waals surface area (Å²) in [5.74, 6) is 0.941. The molecule has 3 fully saturated rings. The molecular formula is C25H33N5O. The Morgan fingerprint density at radius 3 is 2.26 bits per heavy atom. The number of piperidine rings is 2. The molecule has 1 spiro atoms. The molecule has 1 aliphatic carbocycles. The molecule has 31 heavy (non-hydrogen) atoms. The molecule has 3 aliphatic rings. The van der Waals surface area contributed by atoms with Crippen molar-refractivity contribution in [3.63, 3.8) is 0 Å². The molecule has 0 radical (unpaired) electrons. The maximum Gasteiger partial charge on any atom is 0.252 e. The lowest BCUT2D eigenvalue weighted by atomic mass is 9.70. The summed E-state index contributed by atoms with van der Waals surface area (Å²) in [6, 6.07) is 8.78. The first-order valence-electron chi connectivity index (χ1n) is 11.8. The second kappa shape index (κ2) is 8.58. The number of hydrogen-bond acceptors (Lipinski definition) is 5. The zero-order valence-electron chi connectivity index (χ0n) is 18.5. The normalized spacial score (nSPS) is 21.6. The number of carbonyl (C=O) groups is 1. The van der Waals surface area contributed by atoms with Crippen molar-refractivity contribution in [3.05, 3.63) is 42.2 Å². The van der Waals surface area contributed by atoms with Crippen LogP contribution in [0.4, 0.5) is 5.82 Å². The molecule has 2 saturated heterocycles. The molecule has 0 atom stereocenters. The van der Waals surface area contributed by atoms with Gasteiger partial charge < -0.3 is 15.1 Å². The predicted molar refractivity (Wildman–Crippen MR) is 123 cm³/mol. The Hall–Kier alpha value is -2.47.